The molecule has 0 aliphatic rings. The number of amides is 1. The number of carbonyl (C=O) groups is 1. The first-order chi connectivity index (χ1) is 14.6. The minimum atomic E-state index is -2.70. The topological polar surface area (TPSA) is 80.6 Å². The van der Waals surface area contributed by atoms with E-state index in [9.17, 15) is 4.79 Å². The van der Waals surface area contributed by atoms with Crippen molar-refractivity contribution in [1.82, 2.24) is 5.32 Å². The van der Waals surface area contributed by atoms with Crippen LogP contribution in [-0.4, -0.2) is 32.8 Å². The van der Waals surface area contributed by atoms with Crippen LogP contribution in [0.1, 0.15) is 103 Å². The van der Waals surface area contributed by atoms with Crippen LogP contribution in [0.15, 0.2) is 0 Å². The zero-order valence-corrected chi connectivity index (χ0v) is 20.9. The molecule has 0 aromatic rings. The van der Waals surface area contributed by atoms with E-state index < -0.39 is 6.72 Å². The van der Waals surface area contributed by atoms with E-state index in [2.05, 4.69) is 12.2 Å². The van der Waals surface area contributed by atoms with Crippen molar-refractivity contribution in [3.05, 3.63) is 0 Å². The van der Waals surface area contributed by atoms with E-state index in [0.717, 1.165) is 45.1 Å². The SMILES string of the molecule is CCCCCCCCCCCC(=O)NCCCCCCOP(=S)(OC)OCCC#N. The predicted octanol–water partition coefficient (Wildman–Crippen LogP) is 6.40. The molecule has 1 unspecified atom stereocenters. The number of hydrogen-bond donors (Lipinski definition) is 1. The molecule has 0 aromatic heterocycles. The van der Waals surface area contributed by atoms with E-state index >= 15 is 0 Å². The molecule has 0 bridgehead atoms. The molecule has 0 saturated heterocycles. The van der Waals surface area contributed by atoms with Gasteiger partial charge in [-0.1, -0.05) is 71.1 Å². The summed E-state index contributed by atoms with van der Waals surface area (Å²) >= 11 is 5.23. The molecule has 0 saturated carbocycles. The number of rotatable bonds is 22. The maximum Gasteiger partial charge on any atom is 0.326 e. The highest BCUT2D eigenvalue weighted by Crippen LogP contribution is 2.49. The second kappa shape index (κ2) is 21.7. The van der Waals surface area contributed by atoms with Crippen molar-refractivity contribution in [1.29, 1.82) is 5.26 Å². The van der Waals surface area contributed by atoms with Gasteiger partial charge in [0.25, 0.3) is 0 Å². The lowest BCUT2D eigenvalue weighted by Crippen LogP contribution is -2.23. The Bertz CT molecular complexity index is 500. The fourth-order valence-corrected chi connectivity index (χ4v) is 4.42. The summed E-state index contributed by atoms with van der Waals surface area (Å²) in [5.74, 6) is 0.177. The Hall–Kier alpha value is -0.510. The van der Waals surface area contributed by atoms with Gasteiger partial charge in [-0.05, 0) is 31.1 Å². The molecule has 8 heteroatoms. The molecule has 0 aromatic carbocycles. The Balaban J connectivity index is 3.44. The third kappa shape index (κ3) is 19.5. The fourth-order valence-electron chi connectivity index (χ4n) is 3.02. The van der Waals surface area contributed by atoms with Crippen LogP contribution >= 0.6 is 6.72 Å². The zero-order chi connectivity index (χ0) is 22.3. The minimum Gasteiger partial charge on any atom is -0.356 e. The normalized spacial score (nSPS) is 13.0. The number of unbranched alkanes of at least 4 members (excludes halogenated alkanes) is 11. The van der Waals surface area contributed by atoms with Crippen molar-refractivity contribution < 1.29 is 18.4 Å². The molecule has 30 heavy (non-hydrogen) atoms. The molecule has 0 spiro atoms. The molecular weight excluding hydrogens is 419 g/mol. The Morgan fingerprint density at radius 1 is 0.900 bits per heavy atom. The molecule has 6 nitrogen and oxygen atoms in total. The van der Waals surface area contributed by atoms with Gasteiger partial charge < -0.3 is 18.9 Å². The van der Waals surface area contributed by atoms with Gasteiger partial charge in [0.05, 0.1) is 25.7 Å². The molecule has 0 aliphatic heterocycles. The third-order valence-electron chi connectivity index (χ3n) is 4.84. The van der Waals surface area contributed by atoms with Gasteiger partial charge in [-0.15, -0.1) is 0 Å². The quantitative estimate of drug-likeness (QED) is 0.148. The lowest BCUT2D eigenvalue weighted by molar-refractivity contribution is -0.121. The van der Waals surface area contributed by atoms with E-state index in [0.29, 0.717) is 13.0 Å². The highest BCUT2D eigenvalue weighted by Gasteiger charge is 2.18. The fraction of sp³-hybridized carbons (Fsp3) is 0.909. The van der Waals surface area contributed by atoms with Crippen LogP contribution in [0, 0.1) is 11.3 Å². The molecule has 1 N–H and O–H groups in total. The largest absolute Gasteiger partial charge is 0.356 e. The first kappa shape index (κ1) is 29.5. The minimum absolute atomic E-state index is 0.177. The van der Waals surface area contributed by atoms with Crippen LogP contribution in [0.5, 0.6) is 0 Å². The smallest absolute Gasteiger partial charge is 0.326 e. The van der Waals surface area contributed by atoms with Gasteiger partial charge in [0.2, 0.25) is 5.91 Å². The second-order valence-corrected chi connectivity index (χ2v) is 10.7. The number of carbonyl (C=O) groups excluding carboxylic acids is 1. The summed E-state index contributed by atoms with van der Waals surface area (Å²) in [6.45, 7) is 1.01. The summed E-state index contributed by atoms with van der Waals surface area (Å²) < 4.78 is 16.1. The van der Waals surface area contributed by atoms with E-state index in [4.69, 9.17) is 30.6 Å². The Morgan fingerprint density at radius 2 is 1.47 bits per heavy atom. The number of nitrogens with one attached hydrogen (secondary N) is 1. The van der Waals surface area contributed by atoms with Crippen molar-refractivity contribution in [2.24, 2.45) is 0 Å². The van der Waals surface area contributed by atoms with Gasteiger partial charge in [0.15, 0.2) is 0 Å². The number of hydrogen-bond acceptors (Lipinski definition) is 6. The molecule has 0 fully saturated rings. The highest BCUT2D eigenvalue weighted by molar-refractivity contribution is 8.07. The van der Waals surface area contributed by atoms with Gasteiger partial charge in [0.1, 0.15) is 0 Å². The summed E-state index contributed by atoms with van der Waals surface area (Å²) in [5, 5.41) is 11.5. The van der Waals surface area contributed by atoms with E-state index in [-0.39, 0.29) is 18.9 Å². The van der Waals surface area contributed by atoms with Crippen molar-refractivity contribution in [3.8, 4) is 6.07 Å². The first-order valence-corrected chi connectivity index (χ1v) is 14.2. The summed E-state index contributed by atoms with van der Waals surface area (Å²) in [6, 6.07) is 2.00. The maximum absolute atomic E-state index is 11.8. The van der Waals surface area contributed by atoms with Crippen LogP contribution in [0.2, 0.25) is 0 Å². The molecule has 0 radical (unpaired) electrons. The standard InChI is InChI=1S/C22H43N2O4PS/c1-3-4-5-6-7-8-9-10-13-17-22(25)24-19-14-11-12-15-20-27-29(30,26-2)28-21-16-18-23/h3-17,19-21H2,1-2H3,(H,24,25). The van der Waals surface area contributed by atoms with Crippen LogP contribution < -0.4 is 5.32 Å². The summed E-state index contributed by atoms with van der Waals surface area (Å²) in [5.41, 5.74) is 0. The van der Waals surface area contributed by atoms with Crippen molar-refractivity contribution in [3.63, 3.8) is 0 Å². The van der Waals surface area contributed by atoms with Crippen molar-refractivity contribution >= 4 is 24.4 Å². The number of nitrogens with zero attached hydrogens (tertiary/aromatic N) is 1. The third-order valence-corrected chi connectivity index (χ3v) is 7.36. The second-order valence-electron chi connectivity index (χ2n) is 7.55. The van der Waals surface area contributed by atoms with Crippen molar-refractivity contribution in [2.45, 2.75) is 103 Å². The summed E-state index contributed by atoms with van der Waals surface area (Å²) in [7, 11) is 1.48. The molecular formula is C22H43N2O4PS. The van der Waals surface area contributed by atoms with Gasteiger partial charge in [0, 0.05) is 20.1 Å². The monoisotopic (exact) mass is 462 g/mol. The maximum atomic E-state index is 11.8. The number of nitriles is 1. The average molecular weight is 463 g/mol. The summed E-state index contributed by atoms with van der Waals surface area (Å²) in [6.07, 6.45) is 16.3. The Morgan fingerprint density at radius 3 is 2.10 bits per heavy atom. The van der Waals surface area contributed by atoms with Crippen LogP contribution in [0.4, 0.5) is 0 Å². The lowest BCUT2D eigenvalue weighted by atomic mass is 10.1. The molecule has 1 amide bonds. The van der Waals surface area contributed by atoms with Gasteiger partial charge in [-0.25, -0.2) is 0 Å². The van der Waals surface area contributed by atoms with E-state index in [1.54, 1.807) is 0 Å². The lowest BCUT2D eigenvalue weighted by Gasteiger charge is -2.19. The zero-order valence-electron chi connectivity index (χ0n) is 19.2. The van der Waals surface area contributed by atoms with Crippen molar-refractivity contribution in [2.75, 3.05) is 26.9 Å². The van der Waals surface area contributed by atoms with E-state index in [1.807, 2.05) is 6.07 Å². The van der Waals surface area contributed by atoms with Gasteiger partial charge >= 0.3 is 6.72 Å². The molecule has 0 rings (SSSR count). The Labute approximate surface area is 189 Å². The average Bonchev–Trinajstić information content (AvgIpc) is 2.74. The first-order valence-electron chi connectivity index (χ1n) is 11.7. The molecule has 0 heterocycles. The highest BCUT2D eigenvalue weighted by atomic mass is 32.5. The van der Waals surface area contributed by atoms with Crippen LogP contribution in [0.3, 0.4) is 0 Å². The molecule has 1 atom stereocenters. The van der Waals surface area contributed by atoms with Crippen LogP contribution in [-0.2, 0) is 30.2 Å². The molecule has 176 valence electrons. The molecule has 0 aliphatic carbocycles. The Kier molecular flexibility index (Phi) is 21.3. The van der Waals surface area contributed by atoms with Crippen LogP contribution in [0.25, 0.3) is 0 Å². The van der Waals surface area contributed by atoms with E-state index in [1.165, 1.54) is 52.1 Å². The van der Waals surface area contributed by atoms with Gasteiger partial charge in [-0.2, -0.15) is 5.26 Å². The van der Waals surface area contributed by atoms with Gasteiger partial charge in [-0.3, -0.25) is 4.79 Å². The summed E-state index contributed by atoms with van der Waals surface area (Å²) in [4.78, 5) is 11.8. The predicted molar refractivity (Wildman–Crippen MR) is 127 cm³/mol.